The predicted molar refractivity (Wildman–Crippen MR) is 78.7 cm³/mol. The molecule has 112 valence electrons. The van der Waals surface area contributed by atoms with E-state index >= 15 is 0 Å². The van der Waals surface area contributed by atoms with Gasteiger partial charge in [0.1, 0.15) is 6.04 Å². The molecular formula is C15H23NO3S. The first-order valence-electron chi connectivity index (χ1n) is 7.85. The first-order chi connectivity index (χ1) is 9.68. The number of likely N-dealkylation sites (tertiary alicyclic amines) is 1. The Hall–Kier alpha value is -0.710. The molecule has 0 aromatic heterocycles. The van der Waals surface area contributed by atoms with E-state index in [4.69, 9.17) is 0 Å². The van der Waals surface area contributed by atoms with E-state index in [1.807, 2.05) is 0 Å². The Labute approximate surface area is 124 Å². The number of carboxylic acid groups (broad SMARTS) is 1. The number of thioether (sulfide) groups is 1. The predicted octanol–water partition coefficient (Wildman–Crippen LogP) is 2.52. The smallest absolute Gasteiger partial charge is 0.326 e. The molecular weight excluding hydrogens is 274 g/mol. The molecule has 20 heavy (non-hydrogen) atoms. The SMILES string of the molecule is O=C(O)C1CCC2CCCCC2N1C(=O)C1CCCS1. The number of carbonyl (C=O) groups excluding carboxylic acids is 1. The van der Waals surface area contributed by atoms with Crippen molar-refractivity contribution in [3.63, 3.8) is 0 Å². The molecule has 2 aliphatic heterocycles. The molecule has 2 saturated heterocycles. The zero-order valence-electron chi connectivity index (χ0n) is 11.8. The fourth-order valence-corrected chi connectivity index (χ4v) is 5.35. The number of piperidine rings is 1. The molecule has 0 aromatic carbocycles. The molecule has 1 aliphatic carbocycles. The lowest BCUT2D eigenvalue weighted by molar-refractivity contribution is -0.157. The van der Waals surface area contributed by atoms with Crippen molar-refractivity contribution in [1.29, 1.82) is 0 Å². The maximum Gasteiger partial charge on any atom is 0.326 e. The van der Waals surface area contributed by atoms with Crippen molar-refractivity contribution in [3.05, 3.63) is 0 Å². The number of fused-ring (bicyclic) bond motifs is 1. The number of nitrogens with zero attached hydrogens (tertiary/aromatic N) is 1. The van der Waals surface area contributed by atoms with Crippen molar-refractivity contribution >= 4 is 23.6 Å². The van der Waals surface area contributed by atoms with Gasteiger partial charge in [-0.2, -0.15) is 0 Å². The quantitative estimate of drug-likeness (QED) is 0.851. The van der Waals surface area contributed by atoms with Crippen LogP contribution in [0.3, 0.4) is 0 Å². The molecule has 4 atom stereocenters. The minimum absolute atomic E-state index is 0.0116. The summed E-state index contributed by atoms with van der Waals surface area (Å²) in [5, 5.41) is 9.50. The Morgan fingerprint density at radius 1 is 1.00 bits per heavy atom. The number of carbonyl (C=O) groups is 2. The third-order valence-corrected chi connectivity index (χ3v) is 6.48. The lowest BCUT2D eigenvalue weighted by atomic mass is 9.76. The Morgan fingerprint density at radius 2 is 1.80 bits per heavy atom. The molecule has 5 heteroatoms. The Morgan fingerprint density at radius 3 is 2.50 bits per heavy atom. The summed E-state index contributed by atoms with van der Waals surface area (Å²) in [6, 6.07) is -0.393. The van der Waals surface area contributed by atoms with Crippen LogP contribution in [0.2, 0.25) is 0 Å². The van der Waals surface area contributed by atoms with Crippen molar-refractivity contribution in [1.82, 2.24) is 4.90 Å². The third kappa shape index (κ3) is 2.57. The number of carboxylic acids is 1. The number of hydrogen-bond acceptors (Lipinski definition) is 3. The van der Waals surface area contributed by atoms with Gasteiger partial charge in [0.2, 0.25) is 5.91 Å². The van der Waals surface area contributed by atoms with E-state index in [1.165, 1.54) is 12.8 Å². The number of amides is 1. The second-order valence-corrected chi connectivity index (χ2v) is 7.60. The van der Waals surface area contributed by atoms with Gasteiger partial charge in [-0.15, -0.1) is 11.8 Å². The van der Waals surface area contributed by atoms with Crippen molar-refractivity contribution in [3.8, 4) is 0 Å². The van der Waals surface area contributed by atoms with Crippen LogP contribution in [-0.2, 0) is 9.59 Å². The first kappa shape index (κ1) is 14.2. The number of aliphatic carboxylic acids is 1. The molecule has 1 saturated carbocycles. The Balaban J connectivity index is 1.83. The van der Waals surface area contributed by atoms with E-state index < -0.39 is 12.0 Å². The summed E-state index contributed by atoms with van der Waals surface area (Å²) >= 11 is 1.71. The zero-order valence-corrected chi connectivity index (χ0v) is 12.6. The van der Waals surface area contributed by atoms with Gasteiger partial charge >= 0.3 is 5.97 Å². The van der Waals surface area contributed by atoms with Gasteiger partial charge in [0.25, 0.3) is 0 Å². The highest BCUT2D eigenvalue weighted by atomic mass is 32.2. The van der Waals surface area contributed by atoms with E-state index in [0.29, 0.717) is 12.3 Å². The van der Waals surface area contributed by atoms with Crippen molar-refractivity contribution in [2.24, 2.45) is 5.92 Å². The van der Waals surface area contributed by atoms with E-state index in [0.717, 1.165) is 37.9 Å². The minimum Gasteiger partial charge on any atom is -0.480 e. The van der Waals surface area contributed by atoms with Gasteiger partial charge in [-0.3, -0.25) is 4.79 Å². The van der Waals surface area contributed by atoms with Gasteiger partial charge in [-0.25, -0.2) is 4.79 Å². The summed E-state index contributed by atoms with van der Waals surface area (Å²) in [6.07, 6.45) is 8.15. The molecule has 0 aromatic rings. The zero-order chi connectivity index (χ0) is 14.1. The van der Waals surface area contributed by atoms with E-state index in [1.54, 1.807) is 16.7 Å². The second-order valence-electron chi connectivity index (χ2n) is 6.29. The maximum atomic E-state index is 12.8. The highest BCUT2D eigenvalue weighted by Crippen LogP contribution is 2.40. The topological polar surface area (TPSA) is 57.6 Å². The summed E-state index contributed by atoms with van der Waals surface area (Å²) in [4.78, 5) is 26.2. The van der Waals surface area contributed by atoms with Gasteiger partial charge < -0.3 is 10.0 Å². The molecule has 1 amide bonds. The molecule has 3 aliphatic rings. The second kappa shape index (κ2) is 5.96. The fourth-order valence-electron chi connectivity index (χ4n) is 4.13. The van der Waals surface area contributed by atoms with Crippen molar-refractivity contribution in [2.75, 3.05) is 5.75 Å². The first-order valence-corrected chi connectivity index (χ1v) is 8.90. The lowest BCUT2D eigenvalue weighted by Crippen LogP contribution is -2.59. The van der Waals surface area contributed by atoms with E-state index in [-0.39, 0.29) is 17.2 Å². The maximum absolute atomic E-state index is 12.8. The summed E-state index contributed by atoms with van der Waals surface area (Å²) in [5.74, 6) is 0.868. The summed E-state index contributed by atoms with van der Waals surface area (Å²) in [5.41, 5.74) is 0. The normalized spacial score (nSPS) is 37.5. The lowest BCUT2D eigenvalue weighted by Gasteiger charge is -2.47. The molecule has 3 rings (SSSR count). The van der Waals surface area contributed by atoms with Crippen molar-refractivity contribution in [2.45, 2.75) is 68.7 Å². The molecule has 3 fully saturated rings. The van der Waals surface area contributed by atoms with Crippen LogP contribution in [0.15, 0.2) is 0 Å². The molecule has 4 unspecified atom stereocenters. The molecule has 0 bridgehead atoms. The van der Waals surface area contributed by atoms with Crippen molar-refractivity contribution < 1.29 is 14.7 Å². The standard InChI is InChI=1S/C15H23NO3S/c17-14(13-6-3-9-20-13)16-11-5-2-1-4-10(11)7-8-12(16)15(18)19/h10-13H,1-9H2,(H,18,19). The fraction of sp³-hybridized carbons (Fsp3) is 0.867. The van der Waals surface area contributed by atoms with Crippen LogP contribution in [0.25, 0.3) is 0 Å². The van der Waals surface area contributed by atoms with E-state index in [2.05, 4.69) is 0 Å². The van der Waals surface area contributed by atoms with Gasteiger partial charge in [-0.1, -0.05) is 12.8 Å². The van der Waals surface area contributed by atoms with Gasteiger partial charge in [-0.05, 0) is 50.2 Å². The number of rotatable bonds is 2. The van der Waals surface area contributed by atoms with Crippen LogP contribution in [-0.4, -0.2) is 45.0 Å². The Kier molecular flexibility index (Phi) is 4.24. The highest BCUT2D eigenvalue weighted by Gasteiger charge is 2.45. The largest absolute Gasteiger partial charge is 0.480 e. The van der Waals surface area contributed by atoms with Gasteiger partial charge in [0, 0.05) is 6.04 Å². The average molecular weight is 297 g/mol. The van der Waals surface area contributed by atoms with Crippen LogP contribution in [0.4, 0.5) is 0 Å². The monoisotopic (exact) mass is 297 g/mol. The highest BCUT2D eigenvalue weighted by molar-refractivity contribution is 8.00. The van der Waals surface area contributed by atoms with E-state index in [9.17, 15) is 14.7 Å². The van der Waals surface area contributed by atoms with Crippen LogP contribution in [0.5, 0.6) is 0 Å². The molecule has 0 spiro atoms. The van der Waals surface area contributed by atoms with Crippen LogP contribution in [0.1, 0.15) is 51.4 Å². The third-order valence-electron chi connectivity index (χ3n) is 5.12. The van der Waals surface area contributed by atoms with Crippen LogP contribution < -0.4 is 0 Å². The molecule has 1 N–H and O–H groups in total. The summed E-state index contributed by atoms with van der Waals surface area (Å²) in [7, 11) is 0. The van der Waals surface area contributed by atoms with Crippen LogP contribution in [0, 0.1) is 5.92 Å². The molecule has 4 nitrogen and oxygen atoms in total. The minimum atomic E-state index is -0.814. The Bertz CT molecular complexity index is 395. The summed E-state index contributed by atoms with van der Waals surface area (Å²) < 4.78 is 0. The molecule has 0 radical (unpaired) electrons. The van der Waals surface area contributed by atoms with Gasteiger partial charge in [0.05, 0.1) is 5.25 Å². The molecule has 2 heterocycles. The average Bonchev–Trinajstić information content (AvgIpc) is 2.99. The summed E-state index contributed by atoms with van der Waals surface area (Å²) in [6.45, 7) is 0. The van der Waals surface area contributed by atoms with Crippen LogP contribution >= 0.6 is 11.8 Å². The number of hydrogen-bond donors (Lipinski definition) is 1. The van der Waals surface area contributed by atoms with Gasteiger partial charge in [0.15, 0.2) is 0 Å².